The number of nitrogens with zero attached hydrogens (tertiary/aromatic N) is 1. The Kier molecular flexibility index (Phi) is 2.63. The highest BCUT2D eigenvalue weighted by atomic mass is 16.4. The van der Waals surface area contributed by atoms with E-state index in [-0.39, 0.29) is 5.69 Å². The normalized spacial score (nSPS) is 9.42. The first-order valence-electron chi connectivity index (χ1n) is 3.68. The summed E-state index contributed by atoms with van der Waals surface area (Å²) in [7, 11) is 0. The molecule has 4 nitrogen and oxygen atoms in total. The van der Waals surface area contributed by atoms with Crippen LogP contribution in [0.5, 0.6) is 0 Å². The molecular weight excluding hydrogens is 156 g/mol. The Morgan fingerprint density at radius 2 is 2.50 bits per heavy atom. The van der Waals surface area contributed by atoms with Crippen LogP contribution >= 0.6 is 0 Å². The van der Waals surface area contributed by atoms with Gasteiger partial charge in [-0.2, -0.15) is 0 Å². The van der Waals surface area contributed by atoms with Crippen molar-refractivity contribution in [2.24, 2.45) is 0 Å². The number of carbonyl (C=O) groups is 1. The molecular formula is C8H10N2O2. The van der Waals surface area contributed by atoms with E-state index in [0.717, 1.165) is 0 Å². The minimum absolute atomic E-state index is 0.0688. The van der Waals surface area contributed by atoms with Crippen molar-refractivity contribution in [2.75, 3.05) is 11.9 Å². The van der Waals surface area contributed by atoms with Crippen LogP contribution < -0.4 is 5.32 Å². The molecule has 4 heteroatoms. The molecule has 12 heavy (non-hydrogen) atoms. The summed E-state index contributed by atoms with van der Waals surface area (Å²) in [4.78, 5) is 14.3. The minimum atomic E-state index is -1.01. The summed E-state index contributed by atoms with van der Waals surface area (Å²) in [5.41, 5.74) is 0.631. The summed E-state index contributed by atoms with van der Waals surface area (Å²) in [5.74, 6) is -1.01. The smallest absolute Gasteiger partial charge is 0.356 e. The highest BCUT2D eigenvalue weighted by Crippen LogP contribution is 2.10. The second kappa shape index (κ2) is 3.71. The van der Waals surface area contributed by atoms with Crippen molar-refractivity contribution in [3.63, 3.8) is 0 Å². The number of rotatable bonds is 3. The molecule has 1 rings (SSSR count). The summed E-state index contributed by atoms with van der Waals surface area (Å²) >= 11 is 0. The van der Waals surface area contributed by atoms with Crippen LogP contribution in [0.25, 0.3) is 0 Å². The first kappa shape index (κ1) is 8.52. The first-order chi connectivity index (χ1) is 5.75. The molecule has 0 atom stereocenters. The standard InChI is InChI=1S/C8H10N2O2/c1-2-9-6-4-3-5-10-7(6)8(11)12/h3-5,9H,2H2,1H3,(H,11,12). The maximum atomic E-state index is 10.6. The third kappa shape index (κ3) is 1.72. The van der Waals surface area contributed by atoms with Gasteiger partial charge >= 0.3 is 5.97 Å². The lowest BCUT2D eigenvalue weighted by molar-refractivity contribution is 0.0691. The summed E-state index contributed by atoms with van der Waals surface area (Å²) in [6.07, 6.45) is 1.46. The molecule has 0 saturated heterocycles. The lowest BCUT2D eigenvalue weighted by Crippen LogP contribution is -2.07. The van der Waals surface area contributed by atoms with Gasteiger partial charge in [-0.05, 0) is 19.1 Å². The van der Waals surface area contributed by atoms with Crippen molar-refractivity contribution < 1.29 is 9.90 Å². The monoisotopic (exact) mass is 166 g/mol. The zero-order valence-electron chi connectivity index (χ0n) is 6.74. The SMILES string of the molecule is CCNc1cccnc1C(=O)O. The number of hydrogen-bond acceptors (Lipinski definition) is 3. The van der Waals surface area contributed by atoms with Crippen LogP contribution in [0.4, 0.5) is 5.69 Å². The number of pyridine rings is 1. The summed E-state index contributed by atoms with van der Waals surface area (Å²) in [5, 5.41) is 11.6. The molecule has 0 aliphatic carbocycles. The van der Waals surface area contributed by atoms with Gasteiger partial charge in [-0.15, -0.1) is 0 Å². The average Bonchev–Trinajstić information content (AvgIpc) is 2.05. The number of nitrogens with one attached hydrogen (secondary N) is 1. The van der Waals surface area contributed by atoms with Gasteiger partial charge in [0, 0.05) is 12.7 Å². The number of anilines is 1. The van der Waals surface area contributed by atoms with E-state index in [1.54, 1.807) is 12.1 Å². The minimum Gasteiger partial charge on any atom is -0.476 e. The van der Waals surface area contributed by atoms with Crippen molar-refractivity contribution in [2.45, 2.75) is 6.92 Å². The lowest BCUT2D eigenvalue weighted by Gasteiger charge is -2.04. The number of carboxylic acids is 1. The van der Waals surface area contributed by atoms with Crippen LogP contribution in [0.3, 0.4) is 0 Å². The Balaban J connectivity index is 3.00. The van der Waals surface area contributed by atoms with E-state index in [1.165, 1.54) is 6.20 Å². The zero-order chi connectivity index (χ0) is 8.97. The first-order valence-corrected chi connectivity index (χ1v) is 3.68. The molecule has 64 valence electrons. The van der Waals surface area contributed by atoms with Gasteiger partial charge in [0.2, 0.25) is 0 Å². The van der Waals surface area contributed by atoms with Gasteiger partial charge in [-0.3, -0.25) is 0 Å². The second-order valence-electron chi connectivity index (χ2n) is 2.24. The Hall–Kier alpha value is -1.58. The highest BCUT2D eigenvalue weighted by molar-refractivity contribution is 5.91. The van der Waals surface area contributed by atoms with Crippen molar-refractivity contribution in [3.8, 4) is 0 Å². The van der Waals surface area contributed by atoms with Crippen LogP contribution in [-0.2, 0) is 0 Å². The highest BCUT2D eigenvalue weighted by Gasteiger charge is 2.08. The van der Waals surface area contributed by atoms with Crippen molar-refractivity contribution >= 4 is 11.7 Å². The van der Waals surface area contributed by atoms with Crippen molar-refractivity contribution in [1.29, 1.82) is 0 Å². The van der Waals surface area contributed by atoms with Crippen molar-refractivity contribution in [1.82, 2.24) is 4.98 Å². The number of carboxylic acid groups (broad SMARTS) is 1. The quantitative estimate of drug-likeness (QED) is 0.708. The van der Waals surface area contributed by atoms with E-state index in [4.69, 9.17) is 5.11 Å². The average molecular weight is 166 g/mol. The molecule has 1 aromatic heterocycles. The van der Waals surface area contributed by atoms with Gasteiger partial charge in [-0.25, -0.2) is 9.78 Å². The molecule has 0 spiro atoms. The van der Waals surface area contributed by atoms with Crippen LogP contribution in [-0.4, -0.2) is 22.6 Å². The van der Waals surface area contributed by atoms with E-state index >= 15 is 0 Å². The van der Waals surface area contributed by atoms with E-state index in [2.05, 4.69) is 10.3 Å². The molecule has 0 amide bonds. The Bertz CT molecular complexity index is 286. The summed E-state index contributed by atoms with van der Waals surface area (Å²) in [6, 6.07) is 3.39. The summed E-state index contributed by atoms with van der Waals surface area (Å²) in [6.45, 7) is 2.59. The summed E-state index contributed by atoms with van der Waals surface area (Å²) < 4.78 is 0. The van der Waals surface area contributed by atoms with Gasteiger partial charge in [0.1, 0.15) is 0 Å². The van der Waals surface area contributed by atoms with Crippen LogP contribution in [0.1, 0.15) is 17.4 Å². The fourth-order valence-corrected chi connectivity index (χ4v) is 0.909. The fraction of sp³-hybridized carbons (Fsp3) is 0.250. The molecule has 0 unspecified atom stereocenters. The molecule has 1 heterocycles. The van der Waals surface area contributed by atoms with E-state index in [1.807, 2.05) is 6.92 Å². The zero-order valence-corrected chi connectivity index (χ0v) is 6.74. The fourth-order valence-electron chi connectivity index (χ4n) is 0.909. The molecule has 0 radical (unpaired) electrons. The topological polar surface area (TPSA) is 62.2 Å². The Morgan fingerprint density at radius 3 is 3.08 bits per heavy atom. The number of hydrogen-bond donors (Lipinski definition) is 2. The van der Waals surface area contributed by atoms with Crippen LogP contribution in [0.15, 0.2) is 18.3 Å². The molecule has 0 aliphatic rings. The van der Waals surface area contributed by atoms with Gasteiger partial charge in [0.15, 0.2) is 5.69 Å². The van der Waals surface area contributed by atoms with Gasteiger partial charge in [0.25, 0.3) is 0 Å². The largest absolute Gasteiger partial charge is 0.476 e. The van der Waals surface area contributed by atoms with E-state index in [9.17, 15) is 4.79 Å². The van der Waals surface area contributed by atoms with Crippen LogP contribution in [0.2, 0.25) is 0 Å². The Labute approximate surface area is 70.3 Å². The Morgan fingerprint density at radius 1 is 1.75 bits per heavy atom. The molecule has 2 N–H and O–H groups in total. The van der Waals surface area contributed by atoms with E-state index in [0.29, 0.717) is 12.2 Å². The molecule has 0 saturated carbocycles. The van der Waals surface area contributed by atoms with Crippen LogP contribution in [0, 0.1) is 0 Å². The van der Waals surface area contributed by atoms with E-state index < -0.39 is 5.97 Å². The molecule has 0 bridgehead atoms. The third-order valence-corrected chi connectivity index (χ3v) is 1.38. The van der Waals surface area contributed by atoms with Gasteiger partial charge in [-0.1, -0.05) is 0 Å². The maximum absolute atomic E-state index is 10.6. The molecule has 1 aromatic rings. The van der Waals surface area contributed by atoms with Gasteiger partial charge in [0.05, 0.1) is 5.69 Å². The maximum Gasteiger partial charge on any atom is 0.356 e. The lowest BCUT2D eigenvalue weighted by atomic mass is 10.3. The van der Waals surface area contributed by atoms with Crippen molar-refractivity contribution in [3.05, 3.63) is 24.0 Å². The van der Waals surface area contributed by atoms with Gasteiger partial charge < -0.3 is 10.4 Å². The second-order valence-corrected chi connectivity index (χ2v) is 2.24. The predicted octanol–water partition coefficient (Wildman–Crippen LogP) is 1.21. The number of aromatic carboxylic acids is 1. The molecule has 0 aromatic carbocycles. The third-order valence-electron chi connectivity index (χ3n) is 1.38. The predicted molar refractivity (Wildman–Crippen MR) is 45.4 cm³/mol. The molecule has 0 aliphatic heterocycles. The molecule has 0 fully saturated rings. The number of aromatic nitrogens is 1.